The summed E-state index contributed by atoms with van der Waals surface area (Å²) in [5.41, 5.74) is 3.13. The van der Waals surface area contributed by atoms with Crippen LogP contribution < -0.4 is 10.6 Å². The molecular formula is C23H25ClFN7O2. The third-order valence-corrected chi connectivity index (χ3v) is 6.49. The maximum atomic E-state index is 14.1. The number of anilines is 1. The third kappa shape index (κ3) is 4.97. The number of carbonyl (C=O) groups is 1. The molecule has 5 rings (SSSR count). The fraction of sp³-hybridized carbons (Fsp3) is 0.391. The van der Waals surface area contributed by atoms with Crippen molar-refractivity contribution in [3.8, 4) is 0 Å². The lowest BCUT2D eigenvalue weighted by Crippen LogP contribution is -2.44. The van der Waals surface area contributed by atoms with Gasteiger partial charge in [-0.15, -0.1) is 0 Å². The fourth-order valence-electron chi connectivity index (χ4n) is 4.26. The molecular weight excluding hydrogens is 461 g/mol. The number of hydrogen-bond acceptors (Lipinski definition) is 6. The Morgan fingerprint density at radius 3 is 2.88 bits per heavy atom. The van der Waals surface area contributed by atoms with Crippen molar-refractivity contribution in [2.45, 2.75) is 37.9 Å². The van der Waals surface area contributed by atoms with Crippen LogP contribution in [0, 0.1) is 5.82 Å². The van der Waals surface area contributed by atoms with Crippen LogP contribution in [0.25, 0.3) is 0 Å². The lowest BCUT2D eigenvalue weighted by Gasteiger charge is -2.30. The lowest BCUT2D eigenvalue weighted by atomic mass is 10.0. The molecule has 1 aromatic carbocycles. The van der Waals surface area contributed by atoms with Crippen molar-refractivity contribution in [1.82, 2.24) is 30.4 Å². The van der Waals surface area contributed by atoms with E-state index in [1.54, 1.807) is 23.4 Å². The molecule has 2 aliphatic rings. The number of halogens is 2. The highest BCUT2D eigenvalue weighted by Crippen LogP contribution is 2.26. The van der Waals surface area contributed by atoms with Crippen LogP contribution in [0.1, 0.15) is 41.3 Å². The number of ether oxygens (including phenoxy) is 1. The van der Waals surface area contributed by atoms with Crippen LogP contribution in [0.15, 0.2) is 36.8 Å². The van der Waals surface area contributed by atoms with Crippen molar-refractivity contribution in [2.24, 2.45) is 0 Å². The Kier molecular flexibility index (Phi) is 6.59. The Morgan fingerprint density at radius 2 is 2.12 bits per heavy atom. The quantitative estimate of drug-likeness (QED) is 0.511. The highest BCUT2D eigenvalue weighted by Gasteiger charge is 2.27. The van der Waals surface area contributed by atoms with E-state index in [1.165, 1.54) is 12.1 Å². The maximum Gasteiger partial charge on any atom is 0.318 e. The molecule has 34 heavy (non-hydrogen) atoms. The van der Waals surface area contributed by atoms with Gasteiger partial charge in [-0.3, -0.25) is 5.10 Å². The number of urea groups is 1. The smallest absolute Gasteiger partial charge is 0.318 e. The van der Waals surface area contributed by atoms with Crippen LogP contribution in [-0.4, -0.2) is 56.9 Å². The second-order valence-corrected chi connectivity index (χ2v) is 8.86. The number of benzene rings is 1. The SMILES string of the molecule is O=C(N[C@H](c1cn[nH]c1)c1ccc(Cl)c(F)c1)N1CCc2cnc(NC3CCOCC3)nc2C1. The average Bonchev–Trinajstić information content (AvgIpc) is 3.39. The predicted octanol–water partition coefficient (Wildman–Crippen LogP) is 3.44. The summed E-state index contributed by atoms with van der Waals surface area (Å²) in [5.74, 6) is 0.0240. The first-order valence-electron chi connectivity index (χ1n) is 11.2. The molecule has 1 atom stereocenters. The zero-order valence-electron chi connectivity index (χ0n) is 18.4. The van der Waals surface area contributed by atoms with Crippen molar-refractivity contribution >= 4 is 23.6 Å². The van der Waals surface area contributed by atoms with Gasteiger partial charge in [-0.2, -0.15) is 5.10 Å². The van der Waals surface area contributed by atoms with Gasteiger partial charge in [-0.1, -0.05) is 17.7 Å². The monoisotopic (exact) mass is 485 g/mol. The minimum atomic E-state index is -0.587. The number of fused-ring (bicyclic) bond motifs is 1. The van der Waals surface area contributed by atoms with Crippen molar-refractivity contribution in [2.75, 3.05) is 25.1 Å². The summed E-state index contributed by atoms with van der Waals surface area (Å²) in [6, 6.07) is 3.92. The summed E-state index contributed by atoms with van der Waals surface area (Å²) in [6.45, 7) is 2.35. The lowest BCUT2D eigenvalue weighted by molar-refractivity contribution is 0.0903. The molecule has 2 amide bonds. The van der Waals surface area contributed by atoms with Crippen molar-refractivity contribution in [3.05, 3.63) is 70.0 Å². The second kappa shape index (κ2) is 9.94. The van der Waals surface area contributed by atoms with Crippen molar-refractivity contribution < 1.29 is 13.9 Å². The molecule has 178 valence electrons. The standard InChI is InChI=1S/C23H25ClFN7O2/c24-18-2-1-14(9-19(18)25)21(16-11-27-28-12-16)31-23(33)32-6-3-15-10-26-22(30-20(15)13-32)29-17-4-7-34-8-5-17/h1-2,9-12,17,21H,3-8,13H2,(H,27,28)(H,31,33)(H,26,29,30)/t21-/m0/s1. The maximum absolute atomic E-state index is 14.1. The number of aromatic nitrogens is 4. The predicted molar refractivity (Wildman–Crippen MR) is 124 cm³/mol. The number of nitrogens with zero attached hydrogens (tertiary/aromatic N) is 4. The number of H-pyrrole nitrogens is 1. The zero-order valence-corrected chi connectivity index (χ0v) is 19.2. The van der Waals surface area contributed by atoms with Gasteiger partial charge < -0.3 is 20.3 Å². The number of rotatable bonds is 5. The van der Waals surface area contributed by atoms with Crippen molar-refractivity contribution in [1.29, 1.82) is 0 Å². The van der Waals surface area contributed by atoms with E-state index in [9.17, 15) is 9.18 Å². The Morgan fingerprint density at radius 1 is 1.26 bits per heavy atom. The Hall–Kier alpha value is -3.24. The normalized spacial score (nSPS) is 17.2. The van der Waals surface area contributed by atoms with Gasteiger partial charge in [-0.05, 0) is 42.5 Å². The zero-order chi connectivity index (χ0) is 23.5. The largest absolute Gasteiger partial charge is 0.381 e. The molecule has 9 nitrogen and oxygen atoms in total. The van der Waals surface area contributed by atoms with Crippen LogP contribution in [0.2, 0.25) is 5.02 Å². The number of nitrogens with one attached hydrogen (secondary N) is 3. The van der Waals surface area contributed by atoms with Crippen LogP contribution in [0.4, 0.5) is 15.1 Å². The molecule has 3 N–H and O–H groups in total. The summed E-state index contributed by atoms with van der Waals surface area (Å²) < 4.78 is 19.5. The molecule has 3 aromatic rings. The van der Waals surface area contributed by atoms with Gasteiger partial charge in [0.2, 0.25) is 5.95 Å². The van der Waals surface area contributed by atoms with Gasteiger partial charge in [0.05, 0.1) is 29.5 Å². The first-order chi connectivity index (χ1) is 16.6. The molecule has 0 spiro atoms. The second-order valence-electron chi connectivity index (χ2n) is 8.46. The number of hydrogen-bond donors (Lipinski definition) is 3. The van der Waals surface area contributed by atoms with Crippen molar-refractivity contribution in [3.63, 3.8) is 0 Å². The Balaban J connectivity index is 1.30. The van der Waals surface area contributed by atoms with E-state index in [2.05, 4.69) is 30.8 Å². The number of carbonyl (C=O) groups excluding carboxylic acids is 1. The summed E-state index contributed by atoms with van der Waals surface area (Å²) >= 11 is 5.85. The summed E-state index contributed by atoms with van der Waals surface area (Å²) in [6.07, 6.45) is 7.59. The average molecular weight is 486 g/mol. The first-order valence-corrected chi connectivity index (χ1v) is 11.6. The minimum absolute atomic E-state index is 0.0264. The number of amides is 2. The van der Waals surface area contributed by atoms with Crippen LogP contribution in [0.3, 0.4) is 0 Å². The van der Waals surface area contributed by atoms with Gasteiger partial charge in [-0.25, -0.2) is 19.2 Å². The van der Waals surface area contributed by atoms with Gasteiger partial charge in [0.1, 0.15) is 5.82 Å². The molecule has 2 aliphatic heterocycles. The fourth-order valence-corrected chi connectivity index (χ4v) is 4.37. The summed E-state index contributed by atoms with van der Waals surface area (Å²) in [4.78, 5) is 24.1. The summed E-state index contributed by atoms with van der Waals surface area (Å²) in [5, 5.41) is 13.1. The molecule has 0 radical (unpaired) electrons. The molecule has 4 heterocycles. The van der Waals surface area contributed by atoms with E-state index in [4.69, 9.17) is 16.3 Å². The highest BCUT2D eigenvalue weighted by molar-refractivity contribution is 6.30. The van der Waals surface area contributed by atoms with Gasteiger partial charge in [0.25, 0.3) is 0 Å². The van der Waals surface area contributed by atoms with E-state index < -0.39 is 11.9 Å². The summed E-state index contributed by atoms with van der Waals surface area (Å²) in [7, 11) is 0. The molecule has 0 saturated carbocycles. The van der Waals surface area contributed by atoms with Crippen LogP contribution in [0.5, 0.6) is 0 Å². The molecule has 1 saturated heterocycles. The molecule has 0 unspecified atom stereocenters. The third-order valence-electron chi connectivity index (χ3n) is 6.19. The van der Waals surface area contributed by atoms with E-state index in [1.807, 2.05) is 6.20 Å². The van der Waals surface area contributed by atoms with E-state index in [-0.39, 0.29) is 17.1 Å². The topological polar surface area (TPSA) is 108 Å². The molecule has 0 bridgehead atoms. The highest BCUT2D eigenvalue weighted by atomic mass is 35.5. The van der Waals surface area contributed by atoms with Gasteiger partial charge >= 0.3 is 6.03 Å². The molecule has 11 heteroatoms. The molecule has 1 fully saturated rings. The molecule has 0 aliphatic carbocycles. The number of aromatic amines is 1. The van der Waals surface area contributed by atoms with Crippen LogP contribution >= 0.6 is 11.6 Å². The van der Waals surface area contributed by atoms with E-state index in [0.717, 1.165) is 37.3 Å². The first kappa shape index (κ1) is 22.5. The van der Waals surface area contributed by atoms with Crippen LogP contribution in [-0.2, 0) is 17.7 Å². The Labute approximate surface area is 201 Å². The van der Waals surface area contributed by atoms with E-state index in [0.29, 0.717) is 36.6 Å². The van der Waals surface area contributed by atoms with Gasteiger partial charge in [0.15, 0.2) is 0 Å². The Bertz CT molecular complexity index is 1150. The van der Waals surface area contributed by atoms with E-state index >= 15 is 0 Å². The molecule has 2 aromatic heterocycles. The van der Waals surface area contributed by atoms with Gasteiger partial charge in [0, 0.05) is 43.8 Å². The minimum Gasteiger partial charge on any atom is -0.381 e.